The van der Waals surface area contributed by atoms with Crippen LogP contribution in [-0.2, 0) is 21.0 Å². The van der Waals surface area contributed by atoms with Crippen molar-refractivity contribution in [1.29, 1.82) is 0 Å². The van der Waals surface area contributed by atoms with Crippen LogP contribution in [0.4, 0.5) is 0 Å². The van der Waals surface area contributed by atoms with Crippen molar-refractivity contribution in [2.45, 2.75) is 27.2 Å². The number of sulfone groups is 1. The second-order valence-corrected chi connectivity index (χ2v) is 12.5. The van der Waals surface area contributed by atoms with Gasteiger partial charge in [-0.2, -0.15) is 0 Å². The standard InChI is InChI=1S/C26H37N5O4S/c1-7-21(35-13-10-30(5)6)16-20(31-11-14-36(33,34)15-12-31)9-8-19-17-27-25-23(29-19)22(18-28-25)24(32)26(2,3)4/h7,9,16-18H,1,8,10-15H2,2-6H3,(H,27,28)/b20-9+,21-16+. The van der Waals surface area contributed by atoms with Gasteiger partial charge in [0.15, 0.2) is 21.3 Å². The Morgan fingerprint density at radius 1 is 1.28 bits per heavy atom. The normalized spacial score (nSPS) is 17.0. The highest BCUT2D eigenvalue weighted by Gasteiger charge is 2.26. The number of ketones is 1. The van der Waals surface area contributed by atoms with E-state index in [-0.39, 0.29) is 17.3 Å². The first-order valence-electron chi connectivity index (χ1n) is 12.0. The van der Waals surface area contributed by atoms with E-state index in [1.165, 1.54) is 0 Å². The molecule has 196 valence electrons. The summed E-state index contributed by atoms with van der Waals surface area (Å²) in [5, 5.41) is 0. The van der Waals surface area contributed by atoms with Crippen molar-refractivity contribution in [1.82, 2.24) is 24.8 Å². The fraction of sp³-hybridized carbons (Fsp3) is 0.500. The van der Waals surface area contributed by atoms with Gasteiger partial charge in [-0.1, -0.05) is 33.4 Å². The number of ether oxygens (including phenoxy) is 1. The van der Waals surface area contributed by atoms with E-state index in [1.807, 2.05) is 56.8 Å². The molecule has 0 radical (unpaired) electrons. The number of aromatic nitrogens is 3. The number of hydrogen-bond donors (Lipinski definition) is 1. The van der Waals surface area contributed by atoms with Crippen molar-refractivity contribution < 1.29 is 17.9 Å². The van der Waals surface area contributed by atoms with Crippen molar-refractivity contribution in [2.24, 2.45) is 5.41 Å². The van der Waals surface area contributed by atoms with E-state index in [2.05, 4.69) is 16.5 Å². The first kappa shape index (κ1) is 27.6. The molecule has 9 nitrogen and oxygen atoms in total. The number of H-pyrrole nitrogens is 1. The van der Waals surface area contributed by atoms with Crippen LogP contribution < -0.4 is 0 Å². The zero-order valence-electron chi connectivity index (χ0n) is 21.9. The Hall–Kier alpha value is -2.98. The van der Waals surface area contributed by atoms with E-state index in [4.69, 9.17) is 9.72 Å². The summed E-state index contributed by atoms with van der Waals surface area (Å²) in [6, 6.07) is 0. The molecule has 1 N–H and O–H groups in total. The zero-order valence-corrected chi connectivity index (χ0v) is 22.7. The summed E-state index contributed by atoms with van der Waals surface area (Å²) in [4.78, 5) is 29.2. The summed E-state index contributed by atoms with van der Waals surface area (Å²) in [5.74, 6) is 0.827. The molecular weight excluding hydrogens is 478 g/mol. The number of nitrogens with zero attached hydrogens (tertiary/aromatic N) is 4. The Morgan fingerprint density at radius 3 is 2.58 bits per heavy atom. The quantitative estimate of drug-likeness (QED) is 0.292. The van der Waals surface area contributed by atoms with Crippen LogP contribution in [0.3, 0.4) is 0 Å². The Kier molecular flexibility index (Phi) is 8.73. The van der Waals surface area contributed by atoms with Crippen molar-refractivity contribution in [3.05, 3.63) is 59.9 Å². The van der Waals surface area contributed by atoms with Crippen molar-refractivity contribution in [3.63, 3.8) is 0 Å². The molecule has 1 aliphatic rings. The molecule has 0 spiro atoms. The molecular formula is C26H37N5O4S. The van der Waals surface area contributed by atoms with E-state index in [0.717, 1.165) is 12.2 Å². The van der Waals surface area contributed by atoms with Gasteiger partial charge in [-0.05, 0) is 20.2 Å². The minimum absolute atomic E-state index is 0.000566. The number of aromatic amines is 1. The molecule has 0 amide bonds. The number of hydrogen-bond acceptors (Lipinski definition) is 8. The second kappa shape index (κ2) is 11.4. The van der Waals surface area contributed by atoms with Gasteiger partial charge in [-0.25, -0.2) is 18.4 Å². The second-order valence-electron chi connectivity index (χ2n) is 10.2. The van der Waals surface area contributed by atoms with Gasteiger partial charge >= 0.3 is 0 Å². The highest BCUT2D eigenvalue weighted by Crippen LogP contribution is 2.25. The van der Waals surface area contributed by atoms with Gasteiger partial charge in [0.2, 0.25) is 0 Å². The van der Waals surface area contributed by atoms with Crippen molar-refractivity contribution >= 4 is 26.8 Å². The van der Waals surface area contributed by atoms with E-state index < -0.39 is 15.3 Å². The largest absolute Gasteiger partial charge is 0.492 e. The summed E-state index contributed by atoms with van der Waals surface area (Å²) in [5.41, 5.74) is 2.66. The predicted octanol–water partition coefficient (Wildman–Crippen LogP) is 2.99. The number of allylic oxidation sites excluding steroid dienone is 3. The summed E-state index contributed by atoms with van der Waals surface area (Å²) in [7, 11) is 0.929. The molecule has 0 aliphatic carbocycles. The van der Waals surface area contributed by atoms with Gasteiger partial charge in [0.05, 0.1) is 29.0 Å². The number of carbonyl (C=O) groups excluding carboxylic acids is 1. The molecule has 1 saturated heterocycles. The molecule has 36 heavy (non-hydrogen) atoms. The van der Waals surface area contributed by atoms with E-state index >= 15 is 0 Å². The van der Waals surface area contributed by atoms with Gasteiger partial charge in [0.1, 0.15) is 17.9 Å². The lowest BCUT2D eigenvalue weighted by Gasteiger charge is -2.30. The van der Waals surface area contributed by atoms with Gasteiger partial charge in [0, 0.05) is 49.4 Å². The van der Waals surface area contributed by atoms with Crippen molar-refractivity contribution in [3.8, 4) is 0 Å². The Labute approximate surface area is 213 Å². The lowest BCUT2D eigenvalue weighted by Crippen LogP contribution is -2.39. The first-order valence-corrected chi connectivity index (χ1v) is 13.9. The lowest BCUT2D eigenvalue weighted by molar-refractivity contribution is 0.0860. The van der Waals surface area contributed by atoms with Crippen LogP contribution in [0.1, 0.15) is 36.8 Å². The van der Waals surface area contributed by atoms with Gasteiger partial charge < -0.3 is 19.5 Å². The number of fused-ring (bicyclic) bond motifs is 1. The molecule has 1 aliphatic heterocycles. The van der Waals surface area contributed by atoms with Crippen LogP contribution in [0.2, 0.25) is 0 Å². The molecule has 0 bridgehead atoms. The van der Waals surface area contributed by atoms with Gasteiger partial charge in [-0.15, -0.1) is 0 Å². The highest BCUT2D eigenvalue weighted by atomic mass is 32.2. The molecule has 2 aromatic heterocycles. The first-order chi connectivity index (χ1) is 16.9. The number of likely N-dealkylation sites (N-methyl/N-ethyl adjacent to an activating group) is 1. The van der Waals surface area contributed by atoms with Crippen LogP contribution in [0, 0.1) is 5.41 Å². The van der Waals surface area contributed by atoms with Crippen molar-refractivity contribution in [2.75, 3.05) is 51.8 Å². The molecule has 0 atom stereocenters. The third kappa shape index (κ3) is 7.27. The molecule has 2 aromatic rings. The van der Waals surface area contributed by atoms with Crippen LogP contribution in [0.15, 0.2) is 48.7 Å². The minimum Gasteiger partial charge on any atom is -0.492 e. The average Bonchev–Trinajstić information content (AvgIpc) is 3.22. The van der Waals surface area contributed by atoms with E-state index in [9.17, 15) is 13.2 Å². The maximum atomic E-state index is 12.9. The number of carbonyl (C=O) groups is 1. The smallest absolute Gasteiger partial charge is 0.171 e. The Balaban J connectivity index is 1.90. The van der Waals surface area contributed by atoms with Gasteiger partial charge in [0.25, 0.3) is 0 Å². The maximum Gasteiger partial charge on any atom is 0.171 e. The monoisotopic (exact) mass is 515 g/mol. The van der Waals surface area contributed by atoms with Crippen LogP contribution >= 0.6 is 0 Å². The van der Waals surface area contributed by atoms with Crippen LogP contribution in [0.5, 0.6) is 0 Å². The highest BCUT2D eigenvalue weighted by molar-refractivity contribution is 7.91. The van der Waals surface area contributed by atoms with Crippen LogP contribution in [0.25, 0.3) is 11.2 Å². The topological polar surface area (TPSA) is 108 Å². The predicted molar refractivity (Wildman–Crippen MR) is 142 cm³/mol. The van der Waals surface area contributed by atoms with E-state index in [1.54, 1.807) is 18.5 Å². The molecule has 1 fully saturated rings. The number of nitrogens with one attached hydrogen (secondary N) is 1. The Morgan fingerprint density at radius 2 is 1.97 bits per heavy atom. The summed E-state index contributed by atoms with van der Waals surface area (Å²) in [6.45, 7) is 11.6. The molecule has 10 heteroatoms. The SMILES string of the molecule is C=C/C(=C\C(=C/Cc1cnc2[nH]cc(C(=O)C(C)(C)C)c2n1)N1CCS(=O)(=O)CC1)OCCN(C)C. The average molecular weight is 516 g/mol. The van der Waals surface area contributed by atoms with Crippen LogP contribution in [-0.4, -0.2) is 90.8 Å². The van der Waals surface area contributed by atoms with E-state index in [0.29, 0.717) is 54.3 Å². The molecule has 3 heterocycles. The fourth-order valence-electron chi connectivity index (χ4n) is 3.71. The lowest BCUT2D eigenvalue weighted by atomic mass is 9.87. The number of rotatable bonds is 10. The van der Waals surface area contributed by atoms with Gasteiger partial charge in [-0.3, -0.25) is 4.79 Å². The summed E-state index contributed by atoms with van der Waals surface area (Å²) in [6.07, 6.45) is 9.34. The maximum absolute atomic E-state index is 12.9. The zero-order chi connectivity index (χ0) is 26.5. The fourth-order valence-corrected chi connectivity index (χ4v) is 4.92. The third-order valence-electron chi connectivity index (χ3n) is 5.89. The molecule has 0 saturated carbocycles. The molecule has 0 unspecified atom stereocenters. The molecule has 0 aromatic carbocycles. The summed E-state index contributed by atoms with van der Waals surface area (Å²) >= 11 is 0. The third-order valence-corrected chi connectivity index (χ3v) is 7.49. The Bertz CT molecular complexity index is 1250. The molecule has 3 rings (SSSR count). The number of Topliss-reactive ketones (excluding diaryl/α,β-unsaturated/α-hetero) is 1. The minimum atomic E-state index is -3.02. The summed E-state index contributed by atoms with van der Waals surface area (Å²) < 4.78 is 29.8.